The molecular weight excluding hydrogens is 424 g/mol. The van der Waals surface area contributed by atoms with Crippen molar-refractivity contribution in [3.05, 3.63) is 25.3 Å². The van der Waals surface area contributed by atoms with Gasteiger partial charge in [-0.2, -0.15) is 0 Å². The van der Waals surface area contributed by atoms with E-state index >= 15 is 0 Å². The highest BCUT2D eigenvalue weighted by atomic mass is 16.5. The van der Waals surface area contributed by atoms with Gasteiger partial charge in [0.25, 0.3) is 0 Å². The van der Waals surface area contributed by atoms with Crippen LogP contribution in [0.2, 0.25) is 0 Å². The smallest absolute Gasteiger partial charge is 0.306 e. The first kappa shape index (κ1) is 33.6. The largest absolute Gasteiger partial charge is 0.458 e. The summed E-state index contributed by atoms with van der Waals surface area (Å²) in [6, 6.07) is 0. The number of allylic oxidation sites excluding steroid dienone is 2. The molecule has 0 amide bonds. The molecule has 0 aliphatic carbocycles. The average Bonchev–Trinajstić information content (AvgIpc) is 2.84. The van der Waals surface area contributed by atoms with E-state index in [-0.39, 0.29) is 6.42 Å². The topological polar surface area (TPSA) is 124 Å². The van der Waals surface area contributed by atoms with Crippen LogP contribution in [0.3, 0.4) is 0 Å². The molecule has 0 spiro atoms. The molecule has 0 aromatic heterocycles. The van der Waals surface area contributed by atoms with Crippen LogP contribution in [0.4, 0.5) is 0 Å². The lowest BCUT2D eigenvalue weighted by atomic mass is 10.1. The minimum absolute atomic E-state index is 0.198. The molecule has 0 radical (unpaired) electrons. The summed E-state index contributed by atoms with van der Waals surface area (Å²) < 4.78 is 4.79. The molecule has 0 aliphatic heterocycles. The second kappa shape index (κ2) is 25.1. The van der Waals surface area contributed by atoms with E-state index in [9.17, 15) is 24.9 Å². The molecule has 0 saturated heterocycles. The number of ether oxygens (including phenoxy) is 1. The molecule has 0 unspecified atom stereocenters. The molecule has 0 aliphatic rings. The minimum atomic E-state index is -1.91. The van der Waals surface area contributed by atoms with Crippen LogP contribution >= 0.6 is 0 Å². The number of Topliss-reactive ketones (excluding diaryl/α,β-unsaturated/α-hetero) is 1. The Morgan fingerprint density at radius 3 is 1.82 bits per heavy atom. The molecule has 7 nitrogen and oxygen atoms in total. The lowest BCUT2D eigenvalue weighted by molar-refractivity contribution is -0.155. The van der Waals surface area contributed by atoms with E-state index in [2.05, 4.69) is 32.2 Å². The minimum Gasteiger partial charge on any atom is -0.458 e. The van der Waals surface area contributed by atoms with Crippen LogP contribution < -0.4 is 0 Å². The van der Waals surface area contributed by atoms with Crippen molar-refractivity contribution in [2.24, 2.45) is 0 Å². The van der Waals surface area contributed by atoms with Gasteiger partial charge in [-0.05, 0) is 32.1 Å². The van der Waals surface area contributed by atoms with Gasteiger partial charge in [0.05, 0.1) is 6.61 Å². The van der Waals surface area contributed by atoms with Crippen LogP contribution in [0, 0.1) is 0 Å². The van der Waals surface area contributed by atoms with Crippen LogP contribution in [0.25, 0.3) is 0 Å². The van der Waals surface area contributed by atoms with Gasteiger partial charge in [-0.15, -0.1) is 13.2 Å². The molecule has 0 fully saturated rings. The summed E-state index contributed by atoms with van der Waals surface area (Å²) in [5.41, 5.74) is 0. The number of carbonyl (C=O) groups is 2. The molecule has 0 heterocycles. The van der Waals surface area contributed by atoms with Gasteiger partial charge in [-0.1, -0.05) is 70.4 Å². The van der Waals surface area contributed by atoms with Crippen LogP contribution in [0.5, 0.6) is 0 Å². The predicted molar refractivity (Wildman–Crippen MR) is 132 cm³/mol. The summed E-state index contributed by atoms with van der Waals surface area (Å²) in [5.74, 6) is -1.45. The number of aliphatic hydroxyl groups excluding tert-OH is 4. The summed E-state index contributed by atoms with van der Waals surface area (Å²) in [6.45, 7) is 6.78. The molecule has 7 heteroatoms. The second-order valence-corrected chi connectivity index (χ2v) is 8.15. The fourth-order valence-electron chi connectivity index (χ4n) is 3.16. The quantitative estimate of drug-likeness (QED) is 0.113. The van der Waals surface area contributed by atoms with Crippen LogP contribution in [0.15, 0.2) is 25.3 Å². The lowest BCUT2D eigenvalue weighted by Crippen LogP contribution is -2.45. The van der Waals surface area contributed by atoms with Gasteiger partial charge in [0.1, 0.15) is 18.3 Å². The Balaban J connectivity index is 0. The van der Waals surface area contributed by atoms with Gasteiger partial charge in [0, 0.05) is 6.42 Å². The standard InChI is InChI=1S/C24H44O7.C2H4/c1-2-3-4-5-6-7-8-9-10-11-12-13-14-15-16-17-22(28)31-19-21(27)24(30)23(29)20(26)18-25;1-2/h9-10,20,23-26,29-30H,2-8,11-19H2,1H3;1-2H2/b10-9-;/t20-,23+,24+;/m1./s1. The van der Waals surface area contributed by atoms with E-state index in [0.29, 0.717) is 6.42 Å². The Hall–Kier alpha value is -1.54. The van der Waals surface area contributed by atoms with Gasteiger partial charge in [-0.25, -0.2) is 0 Å². The number of unbranched alkanes of at least 4 members (excludes halogenated alkanes) is 11. The summed E-state index contributed by atoms with van der Waals surface area (Å²) >= 11 is 0. The van der Waals surface area contributed by atoms with Crippen LogP contribution in [-0.2, 0) is 14.3 Å². The second-order valence-electron chi connectivity index (χ2n) is 8.15. The fourth-order valence-corrected chi connectivity index (χ4v) is 3.16. The van der Waals surface area contributed by atoms with Crippen molar-refractivity contribution in [3.8, 4) is 0 Å². The monoisotopic (exact) mass is 472 g/mol. The number of ketones is 1. The third-order valence-corrected chi connectivity index (χ3v) is 5.25. The molecule has 0 bridgehead atoms. The molecule has 0 aromatic carbocycles. The maximum Gasteiger partial charge on any atom is 0.306 e. The zero-order valence-electron chi connectivity index (χ0n) is 20.6. The van der Waals surface area contributed by atoms with E-state index in [1.54, 1.807) is 0 Å². The summed E-state index contributed by atoms with van der Waals surface area (Å²) in [4.78, 5) is 23.3. The van der Waals surface area contributed by atoms with E-state index in [4.69, 9.17) is 9.84 Å². The fraction of sp³-hybridized carbons (Fsp3) is 0.769. The van der Waals surface area contributed by atoms with E-state index in [0.717, 1.165) is 32.1 Å². The first-order chi connectivity index (χ1) is 15.9. The van der Waals surface area contributed by atoms with E-state index in [1.165, 1.54) is 44.9 Å². The number of hydrogen-bond donors (Lipinski definition) is 4. The van der Waals surface area contributed by atoms with Gasteiger partial charge < -0.3 is 25.2 Å². The van der Waals surface area contributed by atoms with Gasteiger partial charge in [-0.3, -0.25) is 9.59 Å². The van der Waals surface area contributed by atoms with Crippen molar-refractivity contribution in [2.75, 3.05) is 13.2 Å². The normalized spacial score (nSPS) is 13.7. The zero-order chi connectivity index (χ0) is 25.3. The van der Waals surface area contributed by atoms with Crippen LogP contribution in [0.1, 0.15) is 96.8 Å². The van der Waals surface area contributed by atoms with Crippen molar-refractivity contribution < 1.29 is 34.8 Å². The number of esters is 1. The Bertz CT molecular complexity index is 493. The Morgan fingerprint density at radius 1 is 0.818 bits per heavy atom. The number of carbonyl (C=O) groups excluding carboxylic acids is 2. The first-order valence-corrected chi connectivity index (χ1v) is 12.4. The Labute approximate surface area is 200 Å². The molecule has 4 N–H and O–H groups in total. The van der Waals surface area contributed by atoms with Gasteiger partial charge >= 0.3 is 5.97 Å². The van der Waals surface area contributed by atoms with Gasteiger partial charge in [0.15, 0.2) is 6.61 Å². The van der Waals surface area contributed by atoms with Crippen molar-refractivity contribution in [3.63, 3.8) is 0 Å². The highest BCUT2D eigenvalue weighted by Crippen LogP contribution is 2.10. The van der Waals surface area contributed by atoms with Crippen LogP contribution in [-0.4, -0.2) is 63.7 Å². The van der Waals surface area contributed by atoms with Gasteiger partial charge in [0.2, 0.25) is 5.78 Å². The highest BCUT2D eigenvalue weighted by Gasteiger charge is 2.30. The zero-order valence-corrected chi connectivity index (χ0v) is 20.6. The van der Waals surface area contributed by atoms with E-state index < -0.39 is 43.3 Å². The Morgan fingerprint density at radius 2 is 1.30 bits per heavy atom. The van der Waals surface area contributed by atoms with Crippen molar-refractivity contribution in [1.82, 2.24) is 0 Å². The summed E-state index contributed by atoms with van der Waals surface area (Å²) in [7, 11) is 0. The highest BCUT2D eigenvalue weighted by molar-refractivity contribution is 5.86. The van der Waals surface area contributed by atoms with Crippen molar-refractivity contribution >= 4 is 11.8 Å². The SMILES string of the molecule is C=C.CCCCCCCC/C=C\CCCCCCCC(=O)OCC(=O)[C@H](O)[C@@H](O)[C@H](O)CO. The van der Waals surface area contributed by atoms with Crippen molar-refractivity contribution in [2.45, 2.75) is 115 Å². The predicted octanol–water partition coefficient (Wildman–Crippen LogP) is 4.01. The van der Waals surface area contributed by atoms with E-state index in [1.807, 2.05) is 0 Å². The third-order valence-electron chi connectivity index (χ3n) is 5.25. The molecule has 0 saturated carbocycles. The number of rotatable bonds is 21. The Kier molecular flexibility index (Phi) is 25.6. The lowest BCUT2D eigenvalue weighted by Gasteiger charge is -2.20. The summed E-state index contributed by atoms with van der Waals surface area (Å²) in [5, 5.41) is 36.9. The summed E-state index contributed by atoms with van der Waals surface area (Å²) in [6.07, 6.45) is 14.5. The molecule has 33 heavy (non-hydrogen) atoms. The maximum atomic E-state index is 11.6. The van der Waals surface area contributed by atoms with Crippen molar-refractivity contribution in [1.29, 1.82) is 0 Å². The molecule has 0 rings (SSSR count). The molecule has 0 aromatic rings. The molecule has 194 valence electrons. The first-order valence-electron chi connectivity index (χ1n) is 12.4. The molecule has 3 atom stereocenters. The third kappa shape index (κ3) is 20.8. The number of aliphatic hydroxyl groups is 4. The maximum absolute atomic E-state index is 11.6. The number of hydrogen-bond acceptors (Lipinski definition) is 7. The molecular formula is C26H48O7. The average molecular weight is 473 g/mol.